The Balaban J connectivity index is 2.67. The summed E-state index contributed by atoms with van der Waals surface area (Å²) in [6, 6.07) is 10.2. The van der Waals surface area contributed by atoms with Crippen LogP contribution >= 0.6 is 0 Å². The van der Waals surface area contributed by atoms with Crippen LogP contribution in [0.15, 0.2) is 30.3 Å². The van der Waals surface area contributed by atoms with Gasteiger partial charge in [0.05, 0.1) is 6.61 Å². The predicted octanol–water partition coefficient (Wildman–Crippen LogP) is 2.53. The van der Waals surface area contributed by atoms with Crippen molar-refractivity contribution in [2.75, 3.05) is 6.61 Å². The highest BCUT2D eigenvalue weighted by atomic mass is 28.4. The molecule has 0 atom stereocenters. The molecule has 1 rings (SSSR count). The molecule has 0 unspecified atom stereocenters. The fraction of sp³-hybridized carbons (Fsp3) is 0.571. The minimum absolute atomic E-state index is 0.274. The van der Waals surface area contributed by atoms with Crippen molar-refractivity contribution in [2.24, 2.45) is 0 Å². The molecule has 0 bridgehead atoms. The highest BCUT2D eigenvalue weighted by molar-refractivity contribution is 6.70. The number of hydrogen-bond acceptors (Lipinski definition) is 4. The molecule has 1 aromatic rings. The van der Waals surface area contributed by atoms with Crippen LogP contribution in [0.3, 0.4) is 0 Å². The monoisotopic (exact) mass is 370 g/mol. The van der Waals surface area contributed by atoms with Crippen LogP contribution in [0.1, 0.15) is 0 Å². The first kappa shape index (κ1) is 20.0. The summed E-state index contributed by atoms with van der Waals surface area (Å²) < 4.78 is 24.0. The number of rotatable bonds is 10. The van der Waals surface area contributed by atoms with E-state index in [1.165, 1.54) is 0 Å². The maximum atomic E-state index is 6.09. The molecule has 0 aliphatic rings. The predicted molar refractivity (Wildman–Crippen MR) is 97.3 cm³/mol. The van der Waals surface area contributed by atoms with Gasteiger partial charge >= 0.3 is 9.28 Å². The largest absolute Gasteiger partial charge is 0.432 e. The van der Waals surface area contributed by atoms with Gasteiger partial charge in [-0.05, 0) is 44.5 Å². The van der Waals surface area contributed by atoms with Crippen molar-refractivity contribution in [1.82, 2.24) is 0 Å². The second-order valence-electron chi connectivity index (χ2n) is 5.46. The zero-order chi connectivity index (χ0) is 16.5. The first-order valence-electron chi connectivity index (χ1n) is 7.35. The highest BCUT2D eigenvalue weighted by Crippen LogP contribution is 2.05. The van der Waals surface area contributed by atoms with Gasteiger partial charge in [0.1, 0.15) is 0 Å². The maximum absolute atomic E-state index is 6.09. The van der Waals surface area contributed by atoms with Gasteiger partial charge < -0.3 is 17.4 Å². The van der Waals surface area contributed by atoms with Gasteiger partial charge in [-0.3, -0.25) is 0 Å². The summed E-state index contributed by atoms with van der Waals surface area (Å²) in [6.45, 7) is 13.1. The summed E-state index contributed by atoms with van der Waals surface area (Å²) in [7, 11) is -3.95. The molecule has 4 nitrogen and oxygen atoms in total. The van der Waals surface area contributed by atoms with Crippen molar-refractivity contribution >= 4 is 41.6 Å². The lowest BCUT2D eigenvalue weighted by Gasteiger charge is -2.25. The standard InChI is InChI=1S/C14H26O4Si4/c1-19(2)16-14(17-20(3)4)12-15-22(18-21(5)6)13-10-8-7-9-11-13/h7-11,14H,12H2,1-6H3. The Hall–Kier alpha value is -0.0725. The van der Waals surface area contributed by atoms with Crippen molar-refractivity contribution in [3.05, 3.63) is 30.3 Å². The van der Waals surface area contributed by atoms with E-state index in [1.54, 1.807) is 0 Å². The van der Waals surface area contributed by atoms with E-state index in [0.717, 1.165) is 5.19 Å². The van der Waals surface area contributed by atoms with Crippen molar-refractivity contribution in [2.45, 2.75) is 45.6 Å². The highest BCUT2D eigenvalue weighted by Gasteiger charge is 2.24. The van der Waals surface area contributed by atoms with E-state index in [4.69, 9.17) is 17.4 Å². The van der Waals surface area contributed by atoms with Crippen LogP contribution in [0.25, 0.3) is 0 Å². The third kappa shape index (κ3) is 8.53. The fourth-order valence-corrected chi connectivity index (χ4v) is 6.18. The zero-order valence-corrected chi connectivity index (χ0v) is 18.3. The van der Waals surface area contributed by atoms with Gasteiger partial charge in [-0.15, -0.1) is 0 Å². The lowest BCUT2D eigenvalue weighted by atomic mass is 10.4. The third-order valence-electron chi connectivity index (χ3n) is 2.39. The lowest BCUT2D eigenvalue weighted by Crippen LogP contribution is -2.43. The molecule has 0 heterocycles. The molecular weight excluding hydrogens is 344 g/mol. The van der Waals surface area contributed by atoms with Crippen LogP contribution in [-0.4, -0.2) is 49.3 Å². The first-order valence-corrected chi connectivity index (χ1v) is 15.9. The topological polar surface area (TPSA) is 36.9 Å². The molecule has 1 aromatic carbocycles. The van der Waals surface area contributed by atoms with Crippen LogP contribution in [0, 0.1) is 0 Å². The van der Waals surface area contributed by atoms with E-state index in [9.17, 15) is 0 Å². The van der Waals surface area contributed by atoms with Crippen molar-refractivity contribution < 1.29 is 17.4 Å². The Bertz CT molecular complexity index is 393. The molecule has 0 aliphatic heterocycles. The molecule has 0 fully saturated rings. The SMILES string of the molecule is C[Si](C)OC(CO[Si](O[Si](C)C)c1ccccc1)O[Si](C)C. The van der Waals surface area contributed by atoms with Crippen LogP contribution < -0.4 is 5.19 Å². The van der Waals surface area contributed by atoms with Crippen LogP contribution in [0.5, 0.6) is 0 Å². The third-order valence-corrected chi connectivity index (χ3v) is 7.47. The van der Waals surface area contributed by atoms with Gasteiger partial charge in [-0.25, -0.2) is 0 Å². The van der Waals surface area contributed by atoms with Gasteiger partial charge in [0.15, 0.2) is 15.3 Å². The molecule has 0 saturated heterocycles. The average Bonchev–Trinajstić information content (AvgIpc) is 2.42. The Kier molecular flexibility index (Phi) is 9.67. The van der Waals surface area contributed by atoms with E-state index in [1.807, 2.05) is 18.2 Å². The van der Waals surface area contributed by atoms with Gasteiger partial charge in [-0.2, -0.15) is 0 Å². The Labute approximate surface area is 141 Å². The molecule has 0 amide bonds. The Morgan fingerprint density at radius 2 is 1.36 bits per heavy atom. The smallest absolute Gasteiger partial charge is 0.412 e. The zero-order valence-electron chi connectivity index (χ0n) is 14.3. The van der Waals surface area contributed by atoms with E-state index in [2.05, 4.69) is 51.4 Å². The molecule has 0 spiro atoms. The number of benzene rings is 1. The molecule has 0 saturated carbocycles. The Morgan fingerprint density at radius 3 is 1.82 bits per heavy atom. The normalized spacial score (nSPS) is 12.3. The molecule has 4 radical (unpaired) electrons. The summed E-state index contributed by atoms with van der Waals surface area (Å²) in [5, 5.41) is 1.13. The van der Waals surface area contributed by atoms with Crippen LogP contribution in [0.4, 0.5) is 0 Å². The fourth-order valence-electron chi connectivity index (χ4n) is 1.69. The van der Waals surface area contributed by atoms with Gasteiger partial charge in [0.25, 0.3) is 0 Å². The van der Waals surface area contributed by atoms with Crippen LogP contribution in [-0.2, 0) is 17.4 Å². The molecule has 0 aromatic heterocycles. The van der Waals surface area contributed by atoms with E-state index in [0.29, 0.717) is 6.61 Å². The number of hydrogen-bond donors (Lipinski definition) is 0. The minimum Gasteiger partial charge on any atom is -0.432 e. The van der Waals surface area contributed by atoms with Crippen LogP contribution in [0.2, 0.25) is 39.3 Å². The lowest BCUT2D eigenvalue weighted by molar-refractivity contribution is -0.0344. The first-order chi connectivity index (χ1) is 10.4. The minimum atomic E-state index is -1.48. The average molecular weight is 371 g/mol. The Morgan fingerprint density at radius 1 is 0.818 bits per heavy atom. The summed E-state index contributed by atoms with van der Waals surface area (Å²) in [4.78, 5) is 0. The summed E-state index contributed by atoms with van der Waals surface area (Å²) in [5.41, 5.74) is 0. The molecule has 122 valence electrons. The van der Waals surface area contributed by atoms with Crippen molar-refractivity contribution in [1.29, 1.82) is 0 Å². The second-order valence-corrected chi connectivity index (χ2v) is 13.6. The molecule has 0 N–H and O–H groups in total. The van der Waals surface area contributed by atoms with Crippen molar-refractivity contribution in [3.63, 3.8) is 0 Å². The van der Waals surface area contributed by atoms with E-state index >= 15 is 0 Å². The van der Waals surface area contributed by atoms with E-state index in [-0.39, 0.29) is 6.29 Å². The quantitative estimate of drug-likeness (QED) is 0.468. The molecule has 22 heavy (non-hydrogen) atoms. The summed E-state index contributed by atoms with van der Waals surface area (Å²) >= 11 is 0. The van der Waals surface area contributed by atoms with Crippen molar-refractivity contribution in [3.8, 4) is 0 Å². The van der Waals surface area contributed by atoms with Gasteiger partial charge in [0, 0.05) is 0 Å². The second kappa shape index (κ2) is 10.7. The molecule has 8 heteroatoms. The summed E-state index contributed by atoms with van der Waals surface area (Å²) in [5.74, 6) is 0. The summed E-state index contributed by atoms with van der Waals surface area (Å²) in [6.07, 6.45) is -0.274. The van der Waals surface area contributed by atoms with Gasteiger partial charge in [-0.1, -0.05) is 30.3 Å². The molecular formula is C14H26O4Si4. The van der Waals surface area contributed by atoms with E-state index < -0.39 is 36.4 Å². The maximum Gasteiger partial charge on any atom is 0.412 e. The van der Waals surface area contributed by atoms with Gasteiger partial charge in [0.2, 0.25) is 18.1 Å². The molecule has 0 aliphatic carbocycles.